The number of hydrogen-bond donors (Lipinski definition) is 1. The summed E-state index contributed by atoms with van der Waals surface area (Å²) in [6.45, 7) is 2.27. The van der Waals surface area contributed by atoms with E-state index in [2.05, 4.69) is 12.2 Å². The van der Waals surface area contributed by atoms with Gasteiger partial charge in [0.2, 0.25) is 5.91 Å². The second-order valence-corrected chi connectivity index (χ2v) is 7.95. The second kappa shape index (κ2) is 16.8. The zero-order valence-corrected chi connectivity index (χ0v) is 19.7. The molecule has 0 unspecified atom stereocenters. The van der Waals surface area contributed by atoms with Crippen molar-refractivity contribution < 1.29 is 19.0 Å². The third-order valence-corrected chi connectivity index (χ3v) is 5.49. The van der Waals surface area contributed by atoms with Gasteiger partial charge < -0.3 is 19.5 Å². The van der Waals surface area contributed by atoms with E-state index in [4.69, 9.17) is 14.2 Å². The quantitative estimate of drug-likeness (QED) is 0.256. The van der Waals surface area contributed by atoms with E-state index < -0.39 is 0 Å². The average molecular weight is 422 g/mol. The van der Waals surface area contributed by atoms with Crippen molar-refractivity contribution in [3.8, 4) is 17.2 Å². The largest absolute Gasteiger partial charge is 0.496 e. The van der Waals surface area contributed by atoms with Crippen LogP contribution in [0.15, 0.2) is 12.1 Å². The van der Waals surface area contributed by atoms with Gasteiger partial charge in [0.25, 0.3) is 0 Å². The van der Waals surface area contributed by atoms with E-state index in [1.165, 1.54) is 70.6 Å². The lowest BCUT2D eigenvalue weighted by atomic mass is 10.0. The number of carbonyl (C=O) groups is 1. The number of carbonyl (C=O) groups excluding carboxylic acids is 1. The van der Waals surface area contributed by atoms with Crippen molar-refractivity contribution in [3.05, 3.63) is 12.1 Å². The summed E-state index contributed by atoms with van der Waals surface area (Å²) in [5, 5.41) is 2.93. The maximum absolute atomic E-state index is 12.4. The molecule has 5 heteroatoms. The Bertz CT molecular complexity index is 564. The number of benzene rings is 1. The van der Waals surface area contributed by atoms with E-state index in [1.54, 1.807) is 33.5 Å². The molecule has 0 bridgehead atoms. The molecule has 0 saturated carbocycles. The van der Waals surface area contributed by atoms with Gasteiger partial charge in [-0.15, -0.1) is 0 Å². The van der Waals surface area contributed by atoms with Crippen LogP contribution in [0.2, 0.25) is 0 Å². The number of ether oxygens (including phenoxy) is 3. The van der Waals surface area contributed by atoms with Crippen molar-refractivity contribution in [1.82, 2.24) is 0 Å². The monoisotopic (exact) mass is 421 g/mol. The van der Waals surface area contributed by atoms with E-state index in [9.17, 15) is 4.79 Å². The molecule has 1 amide bonds. The molecule has 1 aromatic carbocycles. The lowest BCUT2D eigenvalue weighted by molar-refractivity contribution is -0.116. The predicted octanol–water partition coefficient (Wildman–Crippen LogP) is 7.13. The fraction of sp³-hybridized carbons (Fsp3) is 0.720. The fourth-order valence-electron chi connectivity index (χ4n) is 3.63. The Kier molecular flexibility index (Phi) is 14.7. The molecule has 0 aromatic heterocycles. The molecule has 172 valence electrons. The van der Waals surface area contributed by atoms with Crippen molar-refractivity contribution in [2.24, 2.45) is 0 Å². The third-order valence-electron chi connectivity index (χ3n) is 5.49. The Morgan fingerprint density at radius 1 is 0.700 bits per heavy atom. The fourth-order valence-corrected chi connectivity index (χ4v) is 3.63. The van der Waals surface area contributed by atoms with Crippen molar-refractivity contribution in [1.29, 1.82) is 0 Å². The first-order valence-electron chi connectivity index (χ1n) is 11.8. The van der Waals surface area contributed by atoms with Crippen LogP contribution in [-0.2, 0) is 4.79 Å². The SMILES string of the molecule is CCCCCCCCCCCCCCCC(=O)Nc1c(OC)cc(OC)cc1OC. The van der Waals surface area contributed by atoms with Gasteiger partial charge in [0.05, 0.1) is 21.3 Å². The molecule has 1 rings (SSSR count). The minimum Gasteiger partial charge on any atom is -0.496 e. The minimum atomic E-state index is -0.0140. The Morgan fingerprint density at radius 2 is 1.13 bits per heavy atom. The molecular weight excluding hydrogens is 378 g/mol. The molecule has 0 fully saturated rings. The number of unbranched alkanes of at least 4 members (excludes halogenated alkanes) is 12. The lowest BCUT2D eigenvalue weighted by Gasteiger charge is -2.15. The van der Waals surface area contributed by atoms with Crippen LogP contribution in [0, 0.1) is 0 Å². The summed E-state index contributed by atoms with van der Waals surface area (Å²) in [5.41, 5.74) is 0.556. The van der Waals surface area contributed by atoms with Gasteiger partial charge in [0.15, 0.2) is 0 Å². The Balaban J connectivity index is 2.16. The first kappa shape index (κ1) is 26.1. The number of nitrogens with one attached hydrogen (secondary N) is 1. The van der Waals surface area contributed by atoms with E-state index in [0.29, 0.717) is 29.4 Å². The molecule has 1 N–H and O–H groups in total. The lowest BCUT2D eigenvalue weighted by Crippen LogP contribution is -2.13. The average Bonchev–Trinajstić information content (AvgIpc) is 2.76. The molecule has 0 atom stereocenters. The molecule has 0 aliphatic carbocycles. The highest BCUT2D eigenvalue weighted by atomic mass is 16.5. The highest BCUT2D eigenvalue weighted by molar-refractivity contribution is 5.94. The summed E-state index contributed by atoms with van der Waals surface area (Å²) in [7, 11) is 4.72. The van der Waals surface area contributed by atoms with Crippen LogP contribution in [0.5, 0.6) is 17.2 Å². The molecule has 0 radical (unpaired) electrons. The maximum Gasteiger partial charge on any atom is 0.224 e. The standard InChI is InChI=1S/C25H43NO4/c1-5-6-7-8-9-10-11-12-13-14-15-16-17-18-24(27)26-25-22(29-3)19-21(28-2)20-23(25)30-4/h19-20H,5-18H2,1-4H3,(H,26,27). The van der Waals surface area contributed by atoms with Crippen LogP contribution in [0.25, 0.3) is 0 Å². The maximum atomic E-state index is 12.4. The van der Waals surface area contributed by atoms with Crippen LogP contribution >= 0.6 is 0 Å². The Labute approximate surface area is 183 Å². The van der Waals surface area contributed by atoms with Crippen LogP contribution < -0.4 is 19.5 Å². The number of amides is 1. The van der Waals surface area contributed by atoms with E-state index in [-0.39, 0.29) is 5.91 Å². The van der Waals surface area contributed by atoms with Gasteiger partial charge in [-0.3, -0.25) is 4.79 Å². The molecule has 0 aliphatic heterocycles. The van der Waals surface area contributed by atoms with E-state index in [0.717, 1.165) is 12.8 Å². The normalized spacial score (nSPS) is 10.7. The first-order chi connectivity index (χ1) is 14.7. The smallest absolute Gasteiger partial charge is 0.224 e. The second-order valence-electron chi connectivity index (χ2n) is 7.95. The Morgan fingerprint density at radius 3 is 1.53 bits per heavy atom. The zero-order valence-electron chi connectivity index (χ0n) is 19.7. The molecular formula is C25H43NO4. The summed E-state index contributed by atoms with van der Waals surface area (Å²) >= 11 is 0. The van der Waals surface area contributed by atoms with Gasteiger partial charge >= 0.3 is 0 Å². The summed E-state index contributed by atoms with van der Waals surface area (Å²) in [4.78, 5) is 12.4. The highest BCUT2D eigenvalue weighted by Crippen LogP contribution is 2.39. The number of methoxy groups -OCH3 is 3. The van der Waals surface area contributed by atoms with Gasteiger partial charge in [-0.25, -0.2) is 0 Å². The number of hydrogen-bond acceptors (Lipinski definition) is 4. The van der Waals surface area contributed by atoms with E-state index in [1.807, 2.05) is 0 Å². The van der Waals surface area contributed by atoms with Crippen LogP contribution in [0.4, 0.5) is 5.69 Å². The highest BCUT2D eigenvalue weighted by Gasteiger charge is 2.15. The minimum absolute atomic E-state index is 0.0140. The number of rotatable bonds is 18. The van der Waals surface area contributed by atoms with Crippen molar-refractivity contribution >= 4 is 11.6 Å². The zero-order chi connectivity index (χ0) is 22.0. The van der Waals surface area contributed by atoms with E-state index >= 15 is 0 Å². The van der Waals surface area contributed by atoms with Gasteiger partial charge in [-0.2, -0.15) is 0 Å². The molecule has 5 nitrogen and oxygen atoms in total. The summed E-state index contributed by atoms with van der Waals surface area (Å²) in [6, 6.07) is 3.48. The number of anilines is 1. The topological polar surface area (TPSA) is 56.8 Å². The summed E-state index contributed by atoms with van der Waals surface area (Å²) in [6.07, 6.45) is 17.4. The van der Waals surface area contributed by atoms with Gasteiger partial charge in [-0.05, 0) is 6.42 Å². The van der Waals surface area contributed by atoms with Gasteiger partial charge in [-0.1, -0.05) is 84.0 Å². The molecule has 0 saturated heterocycles. The predicted molar refractivity (Wildman–Crippen MR) is 125 cm³/mol. The summed E-state index contributed by atoms with van der Waals surface area (Å²) in [5.74, 6) is 1.67. The molecule has 0 heterocycles. The van der Waals surface area contributed by atoms with Crippen LogP contribution in [0.3, 0.4) is 0 Å². The Hall–Kier alpha value is -1.91. The molecule has 0 aliphatic rings. The third kappa shape index (κ3) is 10.7. The summed E-state index contributed by atoms with van der Waals surface area (Å²) < 4.78 is 16.0. The van der Waals surface area contributed by atoms with Crippen LogP contribution in [-0.4, -0.2) is 27.2 Å². The first-order valence-corrected chi connectivity index (χ1v) is 11.8. The van der Waals surface area contributed by atoms with Gasteiger partial charge in [0.1, 0.15) is 22.9 Å². The van der Waals surface area contributed by atoms with Crippen molar-refractivity contribution in [3.63, 3.8) is 0 Å². The molecule has 0 spiro atoms. The van der Waals surface area contributed by atoms with Crippen LogP contribution in [0.1, 0.15) is 96.8 Å². The van der Waals surface area contributed by atoms with Gasteiger partial charge in [0, 0.05) is 18.6 Å². The van der Waals surface area contributed by atoms with Crippen molar-refractivity contribution in [2.45, 2.75) is 96.8 Å². The molecule has 30 heavy (non-hydrogen) atoms. The van der Waals surface area contributed by atoms with Crippen molar-refractivity contribution in [2.75, 3.05) is 26.6 Å². The molecule has 1 aromatic rings.